The molecule has 0 radical (unpaired) electrons. The lowest BCUT2D eigenvalue weighted by molar-refractivity contribution is -0.138. The molecule has 1 aliphatic heterocycles. The third kappa shape index (κ3) is 5.52. The highest BCUT2D eigenvalue weighted by Gasteiger charge is 2.33. The molecule has 1 atom stereocenters. The van der Waals surface area contributed by atoms with E-state index >= 15 is 0 Å². The number of hydrogen-bond acceptors (Lipinski definition) is 5. The number of rotatable bonds is 9. The number of thioether (sulfide) groups is 1. The lowest BCUT2D eigenvalue weighted by atomic mass is 10.1. The first-order chi connectivity index (χ1) is 16.6. The molecule has 11 heteroatoms. The second kappa shape index (κ2) is 10.5. The monoisotopic (exact) mass is 527 g/mol. The van der Waals surface area contributed by atoms with Crippen LogP contribution < -0.4 is 0 Å². The number of sulfonamides is 1. The van der Waals surface area contributed by atoms with Crippen molar-refractivity contribution in [2.75, 3.05) is 19.7 Å². The maximum absolute atomic E-state index is 13.5. The average Bonchev–Trinajstić information content (AvgIpc) is 3.46. The minimum absolute atomic E-state index is 0.0201. The van der Waals surface area contributed by atoms with Gasteiger partial charge in [-0.15, -0.1) is 0 Å². The highest BCUT2D eigenvalue weighted by molar-refractivity contribution is 7.98. The predicted molar refractivity (Wildman–Crippen MR) is 130 cm³/mol. The molecule has 0 saturated carbocycles. The van der Waals surface area contributed by atoms with Crippen molar-refractivity contribution < 1.29 is 26.3 Å². The van der Waals surface area contributed by atoms with Gasteiger partial charge in [-0.1, -0.05) is 43.8 Å². The first kappa shape index (κ1) is 26.0. The van der Waals surface area contributed by atoms with Gasteiger partial charge in [-0.2, -0.15) is 17.5 Å². The Kier molecular flexibility index (Phi) is 7.80. The summed E-state index contributed by atoms with van der Waals surface area (Å²) in [6, 6.07) is 10.3. The van der Waals surface area contributed by atoms with Gasteiger partial charge in [-0.25, -0.2) is 13.4 Å². The molecule has 0 N–H and O–H groups in total. The van der Waals surface area contributed by atoms with Crippen LogP contribution in [0.2, 0.25) is 0 Å². The van der Waals surface area contributed by atoms with E-state index in [0.717, 1.165) is 24.4 Å². The second-order valence-corrected chi connectivity index (χ2v) is 11.2. The Bertz CT molecular complexity index is 1280. The van der Waals surface area contributed by atoms with Crippen molar-refractivity contribution in [1.29, 1.82) is 0 Å². The zero-order valence-corrected chi connectivity index (χ0v) is 21.2. The molecule has 1 fully saturated rings. The van der Waals surface area contributed by atoms with E-state index in [0.29, 0.717) is 36.9 Å². The minimum Gasteiger partial charge on any atom is -0.376 e. The van der Waals surface area contributed by atoms with E-state index in [2.05, 4.69) is 4.98 Å². The van der Waals surface area contributed by atoms with Gasteiger partial charge in [0.1, 0.15) is 0 Å². The standard InChI is InChI=1S/C24H28F3N3O3S2/c1-3-29(4-2)35(31,32)19-11-12-22-21(14-19)28-23(30(22)15-18-9-7-13-33-18)34-16-17-8-5-6-10-20(17)24(25,26)27/h5-6,8,10-12,14,18H,3-4,7,9,13,15-16H2,1-2H3. The summed E-state index contributed by atoms with van der Waals surface area (Å²) in [5.41, 5.74) is 0.723. The summed E-state index contributed by atoms with van der Waals surface area (Å²) in [6.45, 7) is 5.44. The van der Waals surface area contributed by atoms with Gasteiger partial charge in [0, 0.05) is 25.4 Å². The molecule has 35 heavy (non-hydrogen) atoms. The fourth-order valence-electron chi connectivity index (χ4n) is 4.30. The van der Waals surface area contributed by atoms with Crippen LogP contribution in [0.15, 0.2) is 52.5 Å². The van der Waals surface area contributed by atoms with Crippen LogP contribution in [-0.2, 0) is 33.2 Å². The quantitative estimate of drug-likeness (QED) is 0.341. The topological polar surface area (TPSA) is 64.4 Å². The Morgan fingerprint density at radius 3 is 2.57 bits per heavy atom. The number of nitrogens with zero attached hydrogens (tertiary/aromatic N) is 3. The smallest absolute Gasteiger partial charge is 0.376 e. The number of ether oxygens (including phenoxy) is 1. The Morgan fingerprint density at radius 1 is 1.17 bits per heavy atom. The number of halogens is 3. The van der Waals surface area contributed by atoms with Crippen LogP contribution in [0, 0.1) is 0 Å². The normalized spacial score (nSPS) is 17.0. The van der Waals surface area contributed by atoms with E-state index < -0.39 is 21.8 Å². The van der Waals surface area contributed by atoms with E-state index in [-0.39, 0.29) is 22.3 Å². The molecule has 0 amide bonds. The van der Waals surface area contributed by atoms with Gasteiger partial charge in [0.2, 0.25) is 10.0 Å². The largest absolute Gasteiger partial charge is 0.416 e. The van der Waals surface area contributed by atoms with Crippen LogP contribution in [0.25, 0.3) is 11.0 Å². The molecule has 1 saturated heterocycles. The van der Waals surface area contributed by atoms with E-state index in [1.807, 2.05) is 4.57 Å². The molecule has 0 spiro atoms. The van der Waals surface area contributed by atoms with Crippen LogP contribution in [0.3, 0.4) is 0 Å². The lowest BCUT2D eigenvalue weighted by Crippen LogP contribution is -2.30. The van der Waals surface area contributed by atoms with Crippen LogP contribution in [-0.4, -0.2) is 48.1 Å². The predicted octanol–water partition coefficient (Wildman–Crippen LogP) is 5.56. The van der Waals surface area contributed by atoms with Gasteiger partial charge in [-0.3, -0.25) is 0 Å². The van der Waals surface area contributed by atoms with Gasteiger partial charge in [0.25, 0.3) is 0 Å². The number of hydrogen-bond donors (Lipinski definition) is 0. The van der Waals surface area contributed by atoms with E-state index in [1.54, 1.807) is 38.1 Å². The van der Waals surface area contributed by atoms with Crippen molar-refractivity contribution in [3.05, 3.63) is 53.6 Å². The highest BCUT2D eigenvalue weighted by atomic mass is 32.2. The fraction of sp³-hybridized carbons (Fsp3) is 0.458. The Morgan fingerprint density at radius 2 is 1.91 bits per heavy atom. The van der Waals surface area contributed by atoms with Crippen LogP contribution in [0.5, 0.6) is 0 Å². The summed E-state index contributed by atoms with van der Waals surface area (Å²) >= 11 is 1.20. The van der Waals surface area contributed by atoms with Crippen molar-refractivity contribution in [3.63, 3.8) is 0 Å². The van der Waals surface area contributed by atoms with Gasteiger partial charge in [0.05, 0.1) is 34.1 Å². The molecule has 1 unspecified atom stereocenters. The third-order valence-electron chi connectivity index (χ3n) is 6.12. The van der Waals surface area contributed by atoms with Crippen molar-refractivity contribution in [2.24, 2.45) is 0 Å². The molecule has 1 aliphatic rings. The molecular formula is C24H28F3N3O3S2. The summed E-state index contributed by atoms with van der Waals surface area (Å²) in [4.78, 5) is 4.80. The van der Waals surface area contributed by atoms with Crippen molar-refractivity contribution in [2.45, 2.75) is 61.3 Å². The molecular weight excluding hydrogens is 499 g/mol. The summed E-state index contributed by atoms with van der Waals surface area (Å²) in [7, 11) is -3.67. The SMILES string of the molecule is CCN(CC)S(=O)(=O)c1ccc2c(c1)nc(SCc1ccccc1C(F)(F)F)n2CC1CCCO1. The van der Waals surface area contributed by atoms with E-state index in [4.69, 9.17) is 4.74 Å². The molecule has 1 aromatic heterocycles. The molecule has 2 heterocycles. The summed E-state index contributed by atoms with van der Waals surface area (Å²) in [5, 5.41) is 0.532. The van der Waals surface area contributed by atoms with Crippen molar-refractivity contribution >= 4 is 32.8 Å². The van der Waals surface area contributed by atoms with Crippen molar-refractivity contribution in [1.82, 2.24) is 13.9 Å². The summed E-state index contributed by atoms with van der Waals surface area (Å²) in [6.07, 6.45) is -2.63. The molecule has 6 nitrogen and oxygen atoms in total. The molecule has 2 aromatic carbocycles. The number of alkyl halides is 3. The van der Waals surface area contributed by atoms with Gasteiger partial charge >= 0.3 is 6.18 Å². The summed E-state index contributed by atoms with van der Waals surface area (Å²) in [5.74, 6) is 0.0785. The fourth-order valence-corrected chi connectivity index (χ4v) is 6.81. The first-order valence-corrected chi connectivity index (χ1v) is 14.0. The van der Waals surface area contributed by atoms with Crippen LogP contribution in [0.1, 0.15) is 37.8 Å². The number of aromatic nitrogens is 2. The van der Waals surface area contributed by atoms with E-state index in [9.17, 15) is 21.6 Å². The molecule has 0 aliphatic carbocycles. The highest BCUT2D eigenvalue weighted by Crippen LogP contribution is 2.36. The first-order valence-electron chi connectivity index (χ1n) is 11.5. The second-order valence-electron chi connectivity index (χ2n) is 8.32. The van der Waals surface area contributed by atoms with Crippen LogP contribution in [0.4, 0.5) is 13.2 Å². The maximum Gasteiger partial charge on any atom is 0.416 e. The van der Waals surface area contributed by atoms with Gasteiger partial charge in [-0.05, 0) is 42.7 Å². The minimum atomic E-state index is -4.44. The van der Waals surface area contributed by atoms with Crippen LogP contribution >= 0.6 is 11.8 Å². The number of benzene rings is 2. The van der Waals surface area contributed by atoms with Gasteiger partial charge in [0.15, 0.2) is 5.16 Å². The molecule has 4 rings (SSSR count). The van der Waals surface area contributed by atoms with Crippen molar-refractivity contribution in [3.8, 4) is 0 Å². The van der Waals surface area contributed by atoms with E-state index in [1.165, 1.54) is 28.2 Å². The Hall–Kier alpha value is -2.08. The average molecular weight is 528 g/mol. The number of fused-ring (bicyclic) bond motifs is 1. The number of imidazole rings is 1. The molecule has 190 valence electrons. The van der Waals surface area contributed by atoms with Gasteiger partial charge < -0.3 is 9.30 Å². The zero-order valence-electron chi connectivity index (χ0n) is 19.6. The molecule has 3 aromatic rings. The lowest BCUT2D eigenvalue weighted by Gasteiger charge is -2.18. The third-order valence-corrected chi connectivity index (χ3v) is 9.19. The Labute approximate surface area is 207 Å². The molecule has 0 bridgehead atoms. The maximum atomic E-state index is 13.5. The Balaban J connectivity index is 1.71. The summed E-state index contributed by atoms with van der Waals surface area (Å²) < 4.78 is 75.5. The zero-order chi connectivity index (χ0) is 25.2.